The highest BCUT2D eigenvalue weighted by molar-refractivity contribution is 5.78. The minimum absolute atomic E-state index is 0.0751. The second kappa shape index (κ2) is 5.78. The molecular weight excluding hydrogens is 208 g/mol. The molecule has 0 bridgehead atoms. The minimum atomic E-state index is 0.0751. The Kier molecular flexibility index (Phi) is 4.10. The molecule has 1 atom stereocenters. The molecule has 0 aliphatic rings. The maximum atomic E-state index is 6.16. The molecule has 0 unspecified atom stereocenters. The summed E-state index contributed by atoms with van der Waals surface area (Å²) in [6, 6.07) is 12.4. The number of pyridine rings is 1. The van der Waals surface area contributed by atoms with Crippen LogP contribution in [0.15, 0.2) is 36.4 Å². The Morgan fingerprint density at radius 1 is 1.12 bits per heavy atom. The molecule has 2 rings (SSSR count). The summed E-state index contributed by atoms with van der Waals surface area (Å²) in [7, 11) is 0. The Morgan fingerprint density at radius 2 is 1.94 bits per heavy atom. The Labute approximate surface area is 103 Å². The summed E-state index contributed by atoms with van der Waals surface area (Å²) in [6.07, 6.45) is 4.70. The van der Waals surface area contributed by atoms with Gasteiger partial charge in [-0.3, -0.25) is 4.98 Å². The molecule has 17 heavy (non-hydrogen) atoms. The van der Waals surface area contributed by atoms with Crippen LogP contribution in [-0.4, -0.2) is 4.98 Å². The molecule has 0 amide bonds. The predicted molar refractivity (Wildman–Crippen MR) is 72.8 cm³/mol. The van der Waals surface area contributed by atoms with Crippen molar-refractivity contribution in [2.75, 3.05) is 0 Å². The maximum absolute atomic E-state index is 6.16. The van der Waals surface area contributed by atoms with E-state index in [-0.39, 0.29) is 6.04 Å². The Morgan fingerprint density at radius 3 is 2.76 bits per heavy atom. The molecule has 2 aromatic rings. The van der Waals surface area contributed by atoms with E-state index in [2.05, 4.69) is 30.1 Å². The topological polar surface area (TPSA) is 38.9 Å². The normalized spacial score (nSPS) is 12.8. The lowest BCUT2D eigenvalue weighted by Crippen LogP contribution is -2.11. The number of nitrogens with two attached hydrogens (primary N) is 1. The van der Waals surface area contributed by atoms with E-state index in [1.54, 1.807) is 0 Å². The SMILES string of the molecule is CCCCC[C@H](N)c1ccc2ccccc2n1. The Hall–Kier alpha value is -1.41. The van der Waals surface area contributed by atoms with E-state index in [0.717, 1.165) is 17.6 Å². The molecule has 0 saturated carbocycles. The summed E-state index contributed by atoms with van der Waals surface area (Å²) < 4.78 is 0. The third-order valence-electron chi connectivity index (χ3n) is 3.12. The molecule has 2 nitrogen and oxygen atoms in total. The van der Waals surface area contributed by atoms with Crippen molar-refractivity contribution in [3.05, 3.63) is 42.1 Å². The third-order valence-corrected chi connectivity index (χ3v) is 3.12. The van der Waals surface area contributed by atoms with Gasteiger partial charge in [-0.05, 0) is 18.6 Å². The summed E-state index contributed by atoms with van der Waals surface area (Å²) in [5, 5.41) is 1.18. The van der Waals surface area contributed by atoms with Gasteiger partial charge in [0.05, 0.1) is 11.2 Å². The lowest BCUT2D eigenvalue weighted by Gasteiger charge is -2.11. The first-order chi connectivity index (χ1) is 8.31. The van der Waals surface area contributed by atoms with E-state index in [0.29, 0.717) is 0 Å². The van der Waals surface area contributed by atoms with Crippen LogP contribution in [0.2, 0.25) is 0 Å². The third kappa shape index (κ3) is 3.04. The van der Waals surface area contributed by atoms with E-state index in [1.165, 1.54) is 24.6 Å². The smallest absolute Gasteiger partial charge is 0.0706 e. The van der Waals surface area contributed by atoms with E-state index in [4.69, 9.17) is 5.73 Å². The molecule has 2 heteroatoms. The zero-order valence-electron chi connectivity index (χ0n) is 10.4. The maximum Gasteiger partial charge on any atom is 0.0706 e. The van der Waals surface area contributed by atoms with Gasteiger partial charge < -0.3 is 5.73 Å². The van der Waals surface area contributed by atoms with Crippen molar-refractivity contribution in [1.29, 1.82) is 0 Å². The molecule has 2 N–H and O–H groups in total. The van der Waals surface area contributed by atoms with Crippen molar-refractivity contribution >= 4 is 10.9 Å². The summed E-state index contributed by atoms with van der Waals surface area (Å²) in [5.74, 6) is 0. The number of rotatable bonds is 5. The van der Waals surface area contributed by atoms with Gasteiger partial charge in [0.2, 0.25) is 0 Å². The molecule has 1 aromatic heterocycles. The summed E-state index contributed by atoms with van der Waals surface area (Å²) in [4.78, 5) is 4.63. The van der Waals surface area contributed by atoms with Crippen molar-refractivity contribution in [3.8, 4) is 0 Å². The molecule has 0 fully saturated rings. The van der Waals surface area contributed by atoms with Gasteiger partial charge >= 0.3 is 0 Å². The van der Waals surface area contributed by atoms with Crippen molar-refractivity contribution < 1.29 is 0 Å². The summed E-state index contributed by atoms with van der Waals surface area (Å²) in [6.45, 7) is 2.21. The average molecular weight is 228 g/mol. The highest BCUT2D eigenvalue weighted by Gasteiger charge is 2.07. The zero-order chi connectivity index (χ0) is 12.1. The predicted octanol–water partition coefficient (Wildman–Crippen LogP) is 3.81. The van der Waals surface area contributed by atoms with Gasteiger partial charge in [-0.2, -0.15) is 0 Å². The largest absolute Gasteiger partial charge is 0.323 e. The minimum Gasteiger partial charge on any atom is -0.323 e. The second-order valence-electron chi connectivity index (χ2n) is 4.53. The molecule has 0 radical (unpaired) electrons. The van der Waals surface area contributed by atoms with Crippen LogP contribution in [0.4, 0.5) is 0 Å². The number of hydrogen-bond acceptors (Lipinski definition) is 2. The first-order valence-electron chi connectivity index (χ1n) is 6.42. The van der Waals surface area contributed by atoms with Crippen molar-refractivity contribution in [2.45, 2.75) is 38.6 Å². The van der Waals surface area contributed by atoms with Crippen LogP contribution in [0.1, 0.15) is 44.3 Å². The van der Waals surface area contributed by atoms with Gasteiger partial charge in [-0.1, -0.05) is 50.5 Å². The van der Waals surface area contributed by atoms with Crippen molar-refractivity contribution in [1.82, 2.24) is 4.98 Å². The van der Waals surface area contributed by atoms with Crippen LogP contribution in [0.5, 0.6) is 0 Å². The Bertz CT molecular complexity index is 479. The lowest BCUT2D eigenvalue weighted by atomic mass is 10.0. The van der Waals surface area contributed by atoms with Crippen LogP contribution >= 0.6 is 0 Å². The second-order valence-corrected chi connectivity index (χ2v) is 4.53. The fourth-order valence-electron chi connectivity index (χ4n) is 2.05. The fraction of sp³-hybridized carbons (Fsp3) is 0.400. The summed E-state index contributed by atoms with van der Waals surface area (Å²) in [5.41, 5.74) is 8.22. The molecular formula is C15H20N2. The molecule has 0 aliphatic carbocycles. The van der Waals surface area contributed by atoms with Crippen LogP contribution in [0.3, 0.4) is 0 Å². The highest BCUT2D eigenvalue weighted by atomic mass is 14.8. The van der Waals surface area contributed by atoms with Crippen molar-refractivity contribution in [2.24, 2.45) is 5.73 Å². The Balaban J connectivity index is 2.12. The number of nitrogens with zero attached hydrogens (tertiary/aromatic N) is 1. The molecule has 0 aliphatic heterocycles. The quantitative estimate of drug-likeness (QED) is 0.790. The van der Waals surface area contributed by atoms with E-state index in [9.17, 15) is 0 Å². The van der Waals surface area contributed by atoms with Crippen LogP contribution in [0.25, 0.3) is 10.9 Å². The highest BCUT2D eigenvalue weighted by Crippen LogP contribution is 2.19. The number of unbranched alkanes of at least 4 members (excludes halogenated alkanes) is 2. The first-order valence-corrected chi connectivity index (χ1v) is 6.42. The van der Waals surface area contributed by atoms with Gasteiger partial charge in [0, 0.05) is 11.4 Å². The van der Waals surface area contributed by atoms with Gasteiger partial charge in [-0.25, -0.2) is 0 Å². The van der Waals surface area contributed by atoms with Crippen LogP contribution < -0.4 is 5.73 Å². The van der Waals surface area contributed by atoms with Gasteiger partial charge in [0.15, 0.2) is 0 Å². The molecule has 90 valence electrons. The average Bonchev–Trinajstić information content (AvgIpc) is 2.38. The zero-order valence-corrected chi connectivity index (χ0v) is 10.4. The summed E-state index contributed by atoms with van der Waals surface area (Å²) >= 11 is 0. The number of para-hydroxylation sites is 1. The van der Waals surface area contributed by atoms with E-state index in [1.807, 2.05) is 18.2 Å². The number of benzene rings is 1. The van der Waals surface area contributed by atoms with E-state index >= 15 is 0 Å². The van der Waals surface area contributed by atoms with Crippen LogP contribution in [0, 0.1) is 0 Å². The molecule has 1 aromatic carbocycles. The van der Waals surface area contributed by atoms with Crippen LogP contribution in [-0.2, 0) is 0 Å². The number of fused-ring (bicyclic) bond motifs is 1. The van der Waals surface area contributed by atoms with Crippen molar-refractivity contribution in [3.63, 3.8) is 0 Å². The van der Waals surface area contributed by atoms with Gasteiger partial charge in [0.1, 0.15) is 0 Å². The monoisotopic (exact) mass is 228 g/mol. The molecule has 0 saturated heterocycles. The lowest BCUT2D eigenvalue weighted by molar-refractivity contribution is 0.572. The van der Waals surface area contributed by atoms with E-state index < -0.39 is 0 Å². The number of hydrogen-bond donors (Lipinski definition) is 1. The number of aromatic nitrogens is 1. The molecule has 1 heterocycles. The first kappa shape index (κ1) is 12.1. The van der Waals surface area contributed by atoms with Gasteiger partial charge in [0.25, 0.3) is 0 Å². The van der Waals surface area contributed by atoms with Gasteiger partial charge in [-0.15, -0.1) is 0 Å². The standard InChI is InChI=1S/C15H20N2/c1-2-3-4-8-13(16)15-11-10-12-7-5-6-9-14(12)17-15/h5-7,9-11,13H,2-4,8,16H2,1H3/t13-/m0/s1. The fourth-order valence-corrected chi connectivity index (χ4v) is 2.05. The molecule has 0 spiro atoms.